The van der Waals surface area contributed by atoms with Gasteiger partial charge in [0, 0.05) is 41.5 Å². The van der Waals surface area contributed by atoms with Crippen molar-refractivity contribution < 1.29 is 76.2 Å². The molecule has 4 rings (SSSR count). The monoisotopic (exact) mass is 645 g/mol. The van der Waals surface area contributed by atoms with E-state index in [0.29, 0.717) is 46.0 Å². The summed E-state index contributed by atoms with van der Waals surface area (Å²) in [6, 6.07) is 13.8. The molecule has 0 aliphatic rings. The van der Waals surface area contributed by atoms with E-state index in [4.69, 9.17) is 38.3 Å². The molecule has 0 spiro atoms. The summed E-state index contributed by atoms with van der Waals surface area (Å²) >= 11 is 0. The quantitative estimate of drug-likeness (QED) is 0.0625. The number of nitrogen functional groups attached to an aromatic ring is 4. The fourth-order valence-corrected chi connectivity index (χ4v) is 2.88. The first-order chi connectivity index (χ1) is 18.5. The van der Waals surface area contributed by atoms with Crippen molar-refractivity contribution in [1.29, 1.82) is 0 Å². The van der Waals surface area contributed by atoms with E-state index >= 15 is 0 Å². The largest absolute Gasteiger partial charge is 1.00 e. The predicted molar refractivity (Wildman–Crippen MR) is 159 cm³/mol. The van der Waals surface area contributed by atoms with Crippen LogP contribution in [0.15, 0.2) is 73.3 Å². The summed E-state index contributed by atoms with van der Waals surface area (Å²) < 4.78 is 0. The minimum absolute atomic E-state index is 0. The molecule has 11 N–H and O–H groups in total. The van der Waals surface area contributed by atoms with Crippen molar-refractivity contribution in [2.24, 2.45) is 0 Å². The molecule has 0 saturated carbocycles. The predicted octanol–water partition coefficient (Wildman–Crippen LogP) is -5.80. The number of aliphatic hydroxyl groups is 3. The number of nitrogens with zero attached hydrogens (tertiary/aromatic N) is 4. The summed E-state index contributed by atoms with van der Waals surface area (Å²) in [6.07, 6.45) is 5.42. The number of carbonyl (C=O) groups excluding carboxylic acids is 1. The zero-order chi connectivity index (χ0) is 29.4. The van der Waals surface area contributed by atoms with Gasteiger partial charge in [-0.2, -0.15) is 0 Å². The molecule has 15 heteroatoms. The number of hydrogen-bond donors (Lipinski definition) is 7. The molecular weight excluding hydrogens is 606 g/mol. The van der Waals surface area contributed by atoms with Crippen LogP contribution in [-0.2, 0) is 0 Å². The van der Waals surface area contributed by atoms with Crippen LogP contribution < -0.4 is 77.6 Å². The van der Waals surface area contributed by atoms with Crippen molar-refractivity contribution >= 4 is 29.6 Å². The van der Waals surface area contributed by atoms with E-state index in [-0.39, 0.29) is 69.4 Å². The number of halogens is 1. The number of nitrogens with two attached hydrogens (primary N) is 4. The molecule has 0 aromatic carbocycles. The third kappa shape index (κ3) is 17.7. The smallest absolute Gasteiger partial charge is 1.00 e. The van der Waals surface area contributed by atoms with Crippen molar-refractivity contribution in [2.45, 2.75) is 39.1 Å². The molecule has 3 atom stereocenters. The molecule has 226 valence electrons. The Morgan fingerprint density at radius 3 is 1.02 bits per heavy atom. The summed E-state index contributed by atoms with van der Waals surface area (Å²) in [6.45, 7) is 4.98. The molecule has 0 saturated heterocycles. The van der Waals surface area contributed by atoms with Gasteiger partial charge in [-0.3, -0.25) is 4.79 Å². The van der Waals surface area contributed by atoms with Crippen LogP contribution in [0.25, 0.3) is 0 Å². The Balaban J connectivity index is -0.000000148. The van der Waals surface area contributed by atoms with Crippen LogP contribution in [0.4, 0.5) is 23.3 Å². The van der Waals surface area contributed by atoms with Crippen LogP contribution in [0.5, 0.6) is 0 Å². The van der Waals surface area contributed by atoms with Crippen molar-refractivity contribution in [3.63, 3.8) is 0 Å². The minimum atomic E-state index is -0.534. The van der Waals surface area contributed by atoms with Crippen molar-refractivity contribution in [3.8, 4) is 0 Å². The summed E-state index contributed by atoms with van der Waals surface area (Å²) in [5, 5.41) is 27.3. The van der Waals surface area contributed by atoms with E-state index in [1.807, 2.05) is 0 Å². The van der Waals surface area contributed by atoms with Gasteiger partial charge in [0.25, 0.3) is 0 Å². The number of carbonyl (C=O) groups is 1. The zero-order valence-corrected chi connectivity index (χ0v) is 27.0. The number of hydrogen-bond acceptors (Lipinski definition) is 12. The van der Waals surface area contributed by atoms with E-state index in [9.17, 15) is 4.79 Å². The standard InChI is InChI=1S/3C7H10N2O.C6H6N2O.CH3.BrH.2Li.H/c3*1-5(10)6-3-2-4-9-7(6)8;7-6-5(4-9)2-1-3-8-6;;;;;/h3*2-5,10H,1H3,(H2,8,9);1-4H,(H2,7,8);1H3;1H;;;/q;;;;-1;;2*+1;-1/p-1. The van der Waals surface area contributed by atoms with E-state index in [1.54, 1.807) is 94.1 Å². The van der Waals surface area contributed by atoms with Gasteiger partial charge in [0.1, 0.15) is 23.3 Å². The van der Waals surface area contributed by atoms with Gasteiger partial charge >= 0.3 is 37.7 Å². The molecule has 0 radical (unpaired) electrons. The first-order valence-electron chi connectivity index (χ1n) is 11.8. The minimum Gasteiger partial charge on any atom is -1.00 e. The van der Waals surface area contributed by atoms with E-state index in [2.05, 4.69) is 19.9 Å². The first-order valence-corrected chi connectivity index (χ1v) is 11.8. The van der Waals surface area contributed by atoms with Gasteiger partial charge in [-0.25, -0.2) is 19.9 Å². The summed E-state index contributed by atoms with van der Waals surface area (Å²) in [5.74, 6) is 1.49. The van der Waals surface area contributed by atoms with Crippen LogP contribution in [0, 0.1) is 7.43 Å². The maximum Gasteiger partial charge on any atom is 1.00 e. The van der Waals surface area contributed by atoms with E-state index < -0.39 is 18.3 Å². The van der Waals surface area contributed by atoms with Gasteiger partial charge < -0.3 is 64.1 Å². The van der Waals surface area contributed by atoms with E-state index in [0.717, 1.165) is 0 Å². The van der Waals surface area contributed by atoms with Gasteiger partial charge in [0.2, 0.25) is 0 Å². The summed E-state index contributed by atoms with van der Waals surface area (Å²) in [5.41, 5.74) is 24.1. The second-order valence-electron chi connectivity index (χ2n) is 8.06. The molecule has 4 aromatic rings. The second-order valence-corrected chi connectivity index (χ2v) is 8.06. The molecule has 0 bridgehead atoms. The maximum atomic E-state index is 10.1. The molecule has 4 aromatic heterocycles. The van der Waals surface area contributed by atoms with Crippen LogP contribution in [-0.4, -0.2) is 41.5 Å². The summed E-state index contributed by atoms with van der Waals surface area (Å²) in [7, 11) is 0. The van der Waals surface area contributed by atoms with E-state index in [1.165, 1.54) is 0 Å². The SMILES string of the molecule is CC(O)c1cccnc1N.CC(O)c1cccnc1N.CC(O)c1cccnc1N.Nc1ncccc1C=O.[Br-].[CH3-].[H-].[Li+].[Li+]. The fraction of sp³-hybridized carbons (Fsp3) is 0.214. The van der Waals surface area contributed by atoms with Crippen molar-refractivity contribution in [1.82, 2.24) is 19.9 Å². The number of pyridine rings is 4. The molecule has 0 aliphatic carbocycles. The molecular formula is C28H40BrLi2N8O4-. The van der Waals surface area contributed by atoms with Crippen LogP contribution in [0.3, 0.4) is 0 Å². The molecule has 4 heterocycles. The second kappa shape index (κ2) is 25.5. The molecule has 43 heavy (non-hydrogen) atoms. The Bertz CT molecular complexity index is 1190. The van der Waals surface area contributed by atoms with Gasteiger partial charge in [-0.15, -0.1) is 0 Å². The number of rotatable bonds is 4. The zero-order valence-electron chi connectivity index (χ0n) is 26.5. The Kier molecular flexibility index (Phi) is 27.9. The molecule has 0 amide bonds. The number of aldehydes is 1. The Morgan fingerprint density at radius 1 is 0.605 bits per heavy atom. The van der Waals surface area contributed by atoms with Crippen LogP contribution >= 0.6 is 0 Å². The third-order valence-electron chi connectivity index (χ3n) is 4.96. The Morgan fingerprint density at radius 2 is 0.860 bits per heavy atom. The van der Waals surface area contributed by atoms with Gasteiger partial charge in [0.15, 0.2) is 6.29 Å². The number of aliphatic hydroxyl groups excluding tert-OH is 3. The average Bonchev–Trinajstić information content (AvgIpc) is 2.90. The van der Waals surface area contributed by atoms with Crippen LogP contribution in [0.2, 0.25) is 0 Å². The maximum absolute atomic E-state index is 10.1. The van der Waals surface area contributed by atoms with Gasteiger partial charge in [-0.1, -0.05) is 18.2 Å². The molecule has 0 fully saturated rings. The van der Waals surface area contributed by atoms with Crippen molar-refractivity contribution in [2.75, 3.05) is 22.9 Å². The molecule has 12 nitrogen and oxygen atoms in total. The average molecular weight is 646 g/mol. The fourth-order valence-electron chi connectivity index (χ4n) is 2.88. The van der Waals surface area contributed by atoms with Crippen molar-refractivity contribution in [3.05, 3.63) is 103 Å². The molecule has 3 unspecified atom stereocenters. The third-order valence-corrected chi connectivity index (χ3v) is 4.96. The normalized spacial score (nSPS) is 10.9. The van der Waals surface area contributed by atoms with Gasteiger partial charge in [-0.05, 0) is 51.1 Å². The Labute approximate surface area is 289 Å². The van der Waals surface area contributed by atoms with Crippen LogP contribution in [0.1, 0.15) is 67.6 Å². The topological polar surface area (TPSA) is 233 Å². The molecule has 0 aliphatic heterocycles. The first kappa shape index (κ1) is 47.0. The summed E-state index contributed by atoms with van der Waals surface area (Å²) in [4.78, 5) is 25.3. The number of aromatic nitrogens is 4. The van der Waals surface area contributed by atoms with Gasteiger partial charge in [0.05, 0.1) is 23.9 Å². The Hall–Kier alpha value is -2.98. The number of anilines is 4.